The van der Waals surface area contributed by atoms with Gasteiger partial charge < -0.3 is 10.2 Å². The second kappa shape index (κ2) is 6.00. The fourth-order valence-corrected chi connectivity index (χ4v) is 6.26. The lowest BCUT2D eigenvalue weighted by Gasteiger charge is -2.56. The summed E-state index contributed by atoms with van der Waals surface area (Å²) in [7, 11) is 0. The average Bonchev–Trinajstić information content (AvgIpc) is 2.61. The number of aromatic nitrogens is 1. The number of rotatable bonds is 3. The van der Waals surface area contributed by atoms with Crippen molar-refractivity contribution in [3.8, 4) is 0 Å². The van der Waals surface area contributed by atoms with Gasteiger partial charge in [0.1, 0.15) is 5.82 Å². The molecule has 4 bridgehead atoms. The predicted molar refractivity (Wildman–Crippen MR) is 98.4 cm³/mol. The molecule has 0 unspecified atom stereocenters. The highest BCUT2D eigenvalue weighted by Crippen LogP contribution is 2.55. The first-order valence-electron chi connectivity index (χ1n) is 10.0. The third kappa shape index (κ3) is 2.94. The molecule has 0 aromatic carbocycles. The van der Waals surface area contributed by atoms with E-state index in [1.54, 1.807) is 6.20 Å². The van der Waals surface area contributed by atoms with Gasteiger partial charge in [0.25, 0.3) is 5.91 Å². The largest absolute Gasteiger partial charge is 0.356 e. The molecule has 0 spiro atoms. The fourth-order valence-electron chi connectivity index (χ4n) is 6.26. The van der Waals surface area contributed by atoms with Crippen molar-refractivity contribution in [2.45, 2.75) is 56.9 Å². The Hall–Kier alpha value is -1.58. The van der Waals surface area contributed by atoms with Crippen molar-refractivity contribution in [3.63, 3.8) is 0 Å². The lowest BCUT2D eigenvalue weighted by molar-refractivity contribution is -0.0167. The van der Waals surface area contributed by atoms with E-state index in [9.17, 15) is 4.79 Å². The van der Waals surface area contributed by atoms with Crippen LogP contribution in [0.3, 0.4) is 0 Å². The van der Waals surface area contributed by atoms with Crippen molar-refractivity contribution in [1.29, 1.82) is 0 Å². The van der Waals surface area contributed by atoms with E-state index in [2.05, 4.69) is 21.6 Å². The SMILES string of the molecule is O=C(NC12CC3CC(CC(C3)C1)C2)c1ccc(N2C[CH]CCC2)nc1. The molecule has 5 aliphatic rings. The van der Waals surface area contributed by atoms with Crippen LogP contribution >= 0.6 is 0 Å². The van der Waals surface area contributed by atoms with Crippen molar-refractivity contribution in [2.24, 2.45) is 17.8 Å². The van der Waals surface area contributed by atoms with Crippen LogP contribution in [0.4, 0.5) is 5.82 Å². The Bertz CT molecular complexity index is 612. The Labute approximate surface area is 150 Å². The Morgan fingerprint density at radius 1 is 1.12 bits per heavy atom. The highest BCUT2D eigenvalue weighted by atomic mass is 16.1. The standard InChI is InChI=1S/C21H28N3O/c25-20(18-4-5-19(22-14-18)24-6-2-1-3-7-24)23-21-11-15-8-16(12-21)10-17(9-15)13-21/h2,4-5,14-17H,1,3,6-13H2,(H,23,25). The molecular weight excluding hydrogens is 310 g/mol. The normalized spacial score (nSPS) is 36.5. The van der Waals surface area contributed by atoms with Crippen molar-refractivity contribution < 1.29 is 4.79 Å². The molecule has 4 aliphatic carbocycles. The van der Waals surface area contributed by atoms with Crippen molar-refractivity contribution in [1.82, 2.24) is 10.3 Å². The Kier molecular flexibility index (Phi) is 3.76. The van der Waals surface area contributed by atoms with E-state index >= 15 is 0 Å². The van der Waals surface area contributed by atoms with Crippen LogP contribution < -0.4 is 10.2 Å². The summed E-state index contributed by atoms with van der Waals surface area (Å²) in [6.45, 7) is 2.02. The van der Waals surface area contributed by atoms with Crippen LogP contribution in [0.25, 0.3) is 0 Å². The van der Waals surface area contributed by atoms with Gasteiger partial charge in [0.2, 0.25) is 0 Å². The van der Waals surface area contributed by atoms with Gasteiger partial charge in [0.05, 0.1) is 5.56 Å². The molecule has 1 amide bonds. The van der Waals surface area contributed by atoms with Gasteiger partial charge in [-0.2, -0.15) is 0 Å². The Morgan fingerprint density at radius 2 is 1.84 bits per heavy atom. The maximum absolute atomic E-state index is 12.8. The summed E-state index contributed by atoms with van der Waals surface area (Å²) in [4.78, 5) is 19.7. The Balaban J connectivity index is 1.28. The predicted octanol–water partition coefficient (Wildman–Crippen LogP) is 3.58. The van der Waals surface area contributed by atoms with Crippen molar-refractivity contribution in [2.75, 3.05) is 18.0 Å². The number of pyridine rings is 1. The highest BCUT2D eigenvalue weighted by Gasteiger charge is 2.51. The minimum absolute atomic E-state index is 0.0752. The zero-order valence-corrected chi connectivity index (χ0v) is 14.9. The first-order chi connectivity index (χ1) is 12.2. The summed E-state index contributed by atoms with van der Waals surface area (Å²) >= 11 is 0. The topological polar surface area (TPSA) is 45.2 Å². The van der Waals surface area contributed by atoms with Gasteiger partial charge in [-0.1, -0.05) is 0 Å². The van der Waals surface area contributed by atoms with E-state index in [1.165, 1.54) is 51.4 Å². The molecule has 4 saturated carbocycles. The first kappa shape index (κ1) is 15.7. The maximum atomic E-state index is 12.8. The molecule has 1 aliphatic heterocycles. The molecule has 25 heavy (non-hydrogen) atoms. The minimum Gasteiger partial charge on any atom is -0.356 e. The molecule has 1 saturated heterocycles. The number of carbonyl (C=O) groups is 1. The third-order valence-electron chi connectivity index (χ3n) is 6.94. The summed E-state index contributed by atoms with van der Waals surface area (Å²) in [5, 5.41) is 3.44. The summed E-state index contributed by atoms with van der Waals surface area (Å²) in [6.07, 6.45) is 14.2. The van der Waals surface area contributed by atoms with Crippen LogP contribution in [-0.4, -0.2) is 29.5 Å². The number of carbonyl (C=O) groups excluding carboxylic acids is 1. The van der Waals surface area contributed by atoms with Gasteiger partial charge in [0.15, 0.2) is 0 Å². The van der Waals surface area contributed by atoms with Crippen molar-refractivity contribution in [3.05, 3.63) is 30.3 Å². The molecule has 1 aromatic rings. The zero-order valence-electron chi connectivity index (χ0n) is 14.9. The van der Waals surface area contributed by atoms with Gasteiger partial charge in [-0.15, -0.1) is 0 Å². The monoisotopic (exact) mass is 338 g/mol. The number of amides is 1. The molecule has 4 heteroatoms. The van der Waals surface area contributed by atoms with Crippen LogP contribution in [0.15, 0.2) is 18.3 Å². The smallest absolute Gasteiger partial charge is 0.253 e. The summed E-state index contributed by atoms with van der Waals surface area (Å²) < 4.78 is 0. The lowest BCUT2D eigenvalue weighted by atomic mass is 9.53. The van der Waals surface area contributed by atoms with Gasteiger partial charge in [-0.3, -0.25) is 4.79 Å². The molecule has 5 fully saturated rings. The highest BCUT2D eigenvalue weighted by molar-refractivity contribution is 5.94. The van der Waals surface area contributed by atoms with E-state index in [4.69, 9.17) is 0 Å². The first-order valence-corrected chi connectivity index (χ1v) is 10.0. The number of anilines is 1. The van der Waals surface area contributed by atoms with Crippen LogP contribution in [0.1, 0.15) is 61.7 Å². The second-order valence-corrected chi connectivity index (χ2v) is 8.93. The van der Waals surface area contributed by atoms with Gasteiger partial charge in [-0.05, 0) is 87.7 Å². The fraction of sp³-hybridized carbons (Fsp3) is 0.667. The molecule has 1 radical (unpaired) electrons. The number of piperidine rings is 1. The van der Waals surface area contributed by atoms with E-state index in [-0.39, 0.29) is 11.4 Å². The van der Waals surface area contributed by atoms with Gasteiger partial charge in [-0.25, -0.2) is 4.98 Å². The van der Waals surface area contributed by atoms with Crippen LogP contribution in [-0.2, 0) is 0 Å². The molecule has 2 heterocycles. The minimum atomic E-state index is 0.0752. The number of hydrogen-bond acceptors (Lipinski definition) is 3. The lowest BCUT2D eigenvalue weighted by Crippen LogP contribution is -2.59. The molecular formula is C21H28N3O. The molecule has 0 atom stereocenters. The van der Waals surface area contributed by atoms with E-state index < -0.39 is 0 Å². The van der Waals surface area contributed by atoms with E-state index in [0.29, 0.717) is 5.56 Å². The van der Waals surface area contributed by atoms with E-state index in [1.807, 2.05) is 12.1 Å². The summed E-state index contributed by atoms with van der Waals surface area (Å²) in [6, 6.07) is 3.96. The van der Waals surface area contributed by atoms with Crippen LogP contribution in [0.2, 0.25) is 0 Å². The molecule has 6 rings (SSSR count). The quantitative estimate of drug-likeness (QED) is 0.916. The van der Waals surface area contributed by atoms with Crippen LogP contribution in [0.5, 0.6) is 0 Å². The second-order valence-electron chi connectivity index (χ2n) is 8.93. The Morgan fingerprint density at radius 3 is 2.40 bits per heavy atom. The van der Waals surface area contributed by atoms with Gasteiger partial charge in [0, 0.05) is 24.8 Å². The zero-order chi connectivity index (χ0) is 16.9. The van der Waals surface area contributed by atoms with Crippen LogP contribution in [0, 0.1) is 24.2 Å². The maximum Gasteiger partial charge on any atom is 0.253 e. The van der Waals surface area contributed by atoms with Gasteiger partial charge >= 0.3 is 0 Å². The average molecular weight is 338 g/mol. The number of nitrogens with one attached hydrogen (secondary N) is 1. The van der Waals surface area contributed by atoms with E-state index in [0.717, 1.165) is 36.7 Å². The number of nitrogens with zero attached hydrogens (tertiary/aromatic N) is 2. The molecule has 133 valence electrons. The summed E-state index contributed by atoms with van der Waals surface area (Å²) in [5.41, 5.74) is 0.785. The molecule has 1 N–H and O–H groups in total. The molecule has 4 nitrogen and oxygen atoms in total. The van der Waals surface area contributed by atoms with Crippen molar-refractivity contribution >= 4 is 11.7 Å². The summed E-state index contributed by atoms with van der Waals surface area (Å²) in [5.74, 6) is 3.61. The number of hydrogen-bond donors (Lipinski definition) is 1. The molecule has 1 aromatic heterocycles. The third-order valence-corrected chi connectivity index (χ3v) is 6.94.